The van der Waals surface area contributed by atoms with Gasteiger partial charge in [0.05, 0.1) is 0 Å². The Hall–Kier alpha value is -0.120. The van der Waals surface area contributed by atoms with E-state index in [-0.39, 0.29) is 0 Å². The van der Waals surface area contributed by atoms with E-state index in [2.05, 4.69) is 11.8 Å². The van der Waals surface area contributed by atoms with E-state index in [9.17, 15) is 0 Å². The van der Waals surface area contributed by atoms with Crippen molar-refractivity contribution in [3.8, 4) is 0 Å². The average Bonchev–Trinajstić information content (AvgIpc) is 2.54. The fourth-order valence-electron chi connectivity index (χ4n) is 2.31. The molecule has 1 fully saturated rings. The smallest absolute Gasteiger partial charge is 0.0462 e. The van der Waals surface area contributed by atoms with Crippen molar-refractivity contribution < 1.29 is 4.74 Å². The van der Waals surface area contributed by atoms with Crippen LogP contribution in [0.3, 0.4) is 0 Å². The highest BCUT2D eigenvalue weighted by atomic mass is 16.5. The summed E-state index contributed by atoms with van der Waals surface area (Å²) in [5.74, 6) is 0.780. The van der Waals surface area contributed by atoms with E-state index in [1.807, 2.05) is 0 Å². The molecule has 14 heavy (non-hydrogen) atoms. The van der Waals surface area contributed by atoms with Gasteiger partial charge in [0.1, 0.15) is 0 Å². The zero-order valence-electron chi connectivity index (χ0n) is 9.54. The number of methoxy groups -OCH3 is 1. The first-order valence-corrected chi connectivity index (χ1v) is 5.72. The third-order valence-electron chi connectivity index (χ3n) is 3.28. The van der Waals surface area contributed by atoms with Crippen LogP contribution in [0.4, 0.5) is 0 Å². The van der Waals surface area contributed by atoms with E-state index in [1.165, 1.54) is 32.4 Å². The Balaban J connectivity index is 2.17. The van der Waals surface area contributed by atoms with E-state index >= 15 is 0 Å². The van der Waals surface area contributed by atoms with E-state index in [4.69, 9.17) is 10.5 Å². The maximum Gasteiger partial charge on any atom is 0.0462 e. The van der Waals surface area contributed by atoms with Gasteiger partial charge < -0.3 is 10.5 Å². The van der Waals surface area contributed by atoms with Crippen molar-refractivity contribution in [3.05, 3.63) is 0 Å². The van der Waals surface area contributed by atoms with Gasteiger partial charge >= 0.3 is 0 Å². The number of likely N-dealkylation sites (tertiary alicyclic amines) is 1. The Kier molecular flexibility index (Phi) is 5.45. The standard InChI is InChI=1S/C11H24N2O/c1-10-5-7-13(11(10)9-12)6-3-4-8-14-2/h10-11H,3-9,12H2,1-2H3. The van der Waals surface area contributed by atoms with Gasteiger partial charge in [0.2, 0.25) is 0 Å². The van der Waals surface area contributed by atoms with E-state index in [0.717, 1.165) is 19.1 Å². The molecule has 1 saturated heterocycles. The minimum Gasteiger partial charge on any atom is -0.385 e. The SMILES string of the molecule is COCCCCN1CCC(C)C1CN. The Morgan fingerprint density at radius 3 is 2.86 bits per heavy atom. The molecule has 0 aromatic rings. The highest BCUT2D eigenvalue weighted by Gasteiger charge is 2.28. The van der Waals surface area contributed by atoms with Gasteiger partial charge in [-0.05, 0) is 38.3 Å². The summed E-state index contributed by atoms with van der Waals surface area (Å²) in [6.07, 6.45) is 3.71. The Morgan fingerprint density at radius 1 is 1.43 bits per heavy atom. The van der Waals surface area contributed by atoms with Gasteiger partial charge in [0.25, 0.3) is 0 Å². The van der Waals surface area contributed by atoms with Crippen LogP contribution in [0.1, 0.15) is 26.2 Å². The second-order valence-electron chi connectivity index (χ2n) is 4.30. The molecule has 2 N–H and O–H groups in total. The Bertz CT molecular complexity index is 152. The van der Waals surface area contributed by atoms with E-state index in [1.54, 1.807) is 7.11 Å². The minimum atomic E-state index is 0.623. The molecular weight excluding hydrogens is 176 g/mol. The first kappa shape index (κ1) is 12.0. The molecule has 0 bridgehead atoms. The molecule has 0 radical (unpaired) electrons. The fraction of sp³-hybridized carbons (Fsp3) is 1.00. The van der Waals surface area contributed by atoms with Crippen LogP contribution in [0.25, 0.3) is 0 Å². The maximum absolute atomic E-state index is 5.78. The van der Waals surface area contributed by atoms with Crippen LogP contribution in [0.15, 0.2) is 0 Å². The third kappa shape index (κ3) is 3.23. The lowest BCUT2D eigenvalue weighted by atomic mass is 10.0. The monoisotopic (exact) mass is 200 g/mol. The number of unbranched alkanes of at least 4 members (excludes halogenated alkanes) is 1. The summed E-state index contributed by atoms with van der Waals surface area (Å²) in [5.41, 5.74) is 5.78. The molecule has 0 aromatic heterocycles. The summed E-state index contributed by atoms with van der Waals surface area (Å²) in [7, 11) is 1.76. The predicted molar refractivity (Wildman–Crippen MR) is 59.3 cm³/mol. The molecule has 0 aromatic carbocycles. The van der Waals surface area contributed by atoms with Gasteiger partial charge in [0.15, 0.2) is 0 Å². The quantitative estimate of drug-likeness (QED) is 0.652. The summed E-state index contributed by atoms with van der Waals surface area (Å²) in [4.78, 5) is 2.54. The van der Waals surface area contributed by atoms with Gasteiger partial charge in [-0.1, -0.05) is 6.92 Å². The van der Waals surface area contributed by atoms with Crippen LogP contribution in [-0.2, 0) is 4.74 Å². The van der Waals surface area contributed by atoms with Crippen molar-refractivity contribution in [1.29, 1.82) is 0 Å². The summed E-state index contributed by atoms with van der Waals surface area (Å²) >= 11 is 0. The van der Waals surface area contributed by atoms with Crippen molar-refractivity contribution >= 4 is 0 Å². The Labute approximate surface area is 87.6 Å². The van der Waals surface area contributed by atoms with Crippen LogP contribution in [0, 0.1) is 5.92 Å². The zero-order chi connectivity index (χ0) is 10.4. The van der Waals surface area contributed by atoms with Gasteiger partial charge in [0, 0.05) is 26.3 Å². The minimum absolute atomic E-state index is 0.623. The van der Waals surface area contributed by atoms with Crippen molar-refractivity contribution in [2.45, 2.75) is 32.2 Å². The fourth-order valence-corrected chi connectivity index (χ4v) is 2.31. The summed E-state index contributed by atoms with van der Waals surface area (Å²) in [6.45, 7) is 6.43. The normalized spacial score (nSPS) is 28.5. The van der Waals surface area contributed by atoms with Crippen molar-refractivity contribution in [1.82, 2.24) is 4.90 Å². The lowest BCUT2D eigenvalue weighted by molar-refractivity contribution is 0.179. The van der Waals surface area contributed by atoms with Gasteiger partial charge in [-0.15, -0.1) is 0 Å². The van der Waals surface area contributed by atoms with Crippen molar-refractivity contribution in [2.24, 2.45) is 11.7 Å². The second-order valence-corrected chi connectivity index (χ2v) is 4.30. The summed E-state index contributed by atoms with van der Waals surface area (Å²) in [5, 5.41) is 0. The van der Waals surface area contributed by atoms with Crippen LogP contribution in [-0.4, -0.2) is 44.3 Å². The molecule has 1 aliphatic heterocycles. The average molecular weight is 200 g/mol. The topological polar surface area (TPSA) is 38.5 Å². The highest BCUT2D eigenvalue weighted by molar-refractivity contribution is 4.84. The van der Waals surface area contributed by atoms with Crippen molar-refractivity contribution in [3.63, 3.8) is 0 Å². The molecular formula is C11H24N2O. The zero-order valence-corrected chi connectivity index (χ0v) is 9.54. The first-order chi connectivity index (χ1) is 6.79. The number of nitrogens with two attached hydrogens (primary N) is 1. The molecule has 0 spiro atoms. The maximum atomic E-state index is 5.78. The van der Waals surface area contributed by atoms with Crippen LogP contribution in [0.5, 0.6) is 0 Å². The molecule has 0 aliphatic carbocycles. The molecule has 1 rings (SSSR count). The molecule has 3 heteroatoms. The van der Waals surface area contributed by atoms with E-state index in [0.29, 0.717) is 6.04 Å². The number of rotatable bonds is 6. The first-order valence-electron chi connectivity index (χ1n) is 5.72. The summed E-state index contributed by atoms with van der Waals surface area (Å²) < 4.78 is 5.04. The Morgan fingerprint density at radius 2 is 2.21 bits per heavy atom. The highest BCUT2D eigenvalue weighted by Crippen LogP contribution is 2.23. The lowest BCUT2D eigenvalue weighted by Crippen LogP contribution is -2.38. The van der Waals surface area contributed by atoms with Crippen LogP contribution < -0.4 is 5.73 Å². The summed E-state index contributed by atoms with van der Waals surface area (Å²) in [6, 6.07) is 0.623. The number of nitrogens with zero attached hydrogens (tertiary/aromatic N) is 1. The number of ether oxygens (including phenoxy) is 1. The van der Waals surface area contributed by atoms with Crippen LogP contribution >= 0.6 is 0 Å². The van der Waals surface area contributed by atoms with Crippen molar-refractivity contribution in [2.75, 3.05) is 33.4 Å². The molecule has 0 amide bonds. The predicted octanol–water partition coefficient (Wildman–Crippen LogP) is 1.08. The second kappa shape index (κ2) is 6.38. The molecule has 2 atom stereocenters. The van der Waals surface area contributed by atoms with Gasteiger partial charge in [-0.3, -0.25) is 4.90 Å². The number of hydrogen-bond acceptors (Lipinski definition) is 3. The van der Waals surface area contributed by atoms with Gasteiger partial charge in [-0.2, -0.15) is 0 Å². The molecule has 0 saturated carbocycles. The third-order valence-corrected chi connectivity index (χ3v) is 3.28. The lowest BCUT2D eigenvalue weighted by Gasteiger charge is -2.25. The number of hydrogen-bond donors (Lipinski definition) is 1. The molecule has 3 nitrogen and oxygen atoms in total. The van der Waals surface area contributed by atoms with Gasteiger partial charge in [-0.25, -0.2) is 0 Å². The molecule has 2 unspecified atom stereocenters. The largest absolute Gasteiger partial charge is 0.385 e. The van der Waals surface area contributed by atoms with E-state index < -0.39 is 0 Å². The van der Waals surface area contributed by atoms with Crippen LogP contribution in [0.2, 0.25) is 0 Å². The molecule has 1 heterocycles. The molecule has 84 valence electrons. The molecule has 1 aliphatic rings.